The van der Waals surface area contributed by atoms with Crippen molar-refractivity contribution in [3.05, 3.63) is 22.4 Å². The van der Waals surface area contributed by atoms with Crippen LogP contribution in [0.3, 0.4) is 0 Å². The van der Waals surface area contributed by atoms with Crippen molar-refractivity contribution in [3.8, 4) is 0 Å². The average Bonchev–Trinajstić information content (AvgIpc) is 2.96. The zero-order valence-electron chi connectivity index (χ0n) is 9.39. The van der Waals surface area contributed by atoms with Gasteiger partial charge in [-0.3, -0.25) is 9.59 Å². The van der Waals surface area contributed by atoms with Crippen molar-refractivity contribution in [1.29, 1.82) is 0 Å². The van der Waals surface area contributed by atoms with E-state index in [1.807, 2.05) is 17.5 Å². The molecule has 2 atom stereocenters. The maximum absolute atomic E-state index is 12.2. The molecule has 1 aromatic rings. The van der Waals surface area contributed by atoms with Gasteiger partial charge in [0.1, 0.15) is 12.1 Å². The van der Waals surface area contributed by atoms with Gasteiger partial charge in [0.25, 0.3) is 0 Å². The summed E-state index contributed by atoms with van der Waals surface area (Å²) in [5.41, 5.74) is 0. The van der Waals surface area contributed by atoms with Gasteiger partial charge in [-0.25, -0.2) is 0 Å². The molecular weight excluding hydrogens is 236 g/mol. The van der Waals surface area contributed by atoms with Crippen molar-refractivity contribution in [3.63, 3.8) is 0 Å². The molecule has 4 nitrogen and oxygen atoms in total. The van der Waals surface area contributed by atoms with E-state index < -0.39 is 0 Å². The highest BCUT2D eigenvalue weighted by molar-refractivity contribution is 7.09. The Bertz CT molecular complexity index is 443. The van der Waals surface area contributed by atoms with Crippen molar-refractivity contribution >= 4 is 23.2 Å². The van der Waals surface area contributed by atoms with Crippen LogP contribution in [0.1, 0.15) is 17.7 Å². The van der Waals surface area contributed by atoms with Gasteiger partial charge < -0.3 is 10.2 Å². The highest BCUT2D eigenvalue weighted by atomic mass is 32.1. The third kappa shape index (κ3) is 1.84. The topological polar surface area (TPSA) is 49.4 Å². The van der Waals surface area contributed by atoms with Gasteiger partial charge in [-0.15, -0.1) is 11.3 Å². The monoisotopic (exact) mass is 250 g/mol. The molecule has 2 aliphatic rings. The van der Waals surface area contributed by atoms with E-state index in [1.165, 1.54) is 0 Å². The summed E-state index contributed by atoms with van der Waals surface area (Å²) in [5, 5.41) is 4.84. The lowest BCUT2D eigenvalue weighted by molar-refractivity contribution is -0.146. The molecule has 2 saturated heterocycles. The number of fused-ring (bicyclic) bond motifs is 1. The average molecular weight is 250 g/mol. The lowest BCUT2D eigenvalue weighted by Gasteiger charge is -2.34. The molecule has 2 amide bonds. The smallest absolute Gasteiger partial charge is 0.246 e. The first-order valence-corrected chi connectivity index (χ1v) is 6.77. The number of carbonyl (C=O) groups is 2. The van der Waals surface area contributed by atoms with Crippen molar-refractivity contribution < 1.29 is 9.59 Å². The summed E-state index contributed by atoms with van der Waals surface area (Å²) in [6.07, 6.45) is 2.37. The number of carbonyl (C=O) groups excluding carboxylic acids is 2. The highest BCUT2D eigenvalue weighted by Gasteiger charge is 2.42. The summed E-state index contributed by atoms with van der Waals surface area (Å²) in [6, 6.07) is 3.39. The van der Waals surface area contributed by atoms with E-state index in [2.05, 4.69) is 5.32 Å². The summed E-state index contributed by atoms with van der Waals surface area (Å²) < 4.78 is 0. The van der Waals surface area contributed by atoms with Gasteiger partial charge in [0.15, 0.2) is 0 Å². The lowest BCUT2D eigenvalue weighted by atomic mass is 10.1. The second kappa shape index (κ2) is 4.14. The molecule has 0 saturated carbocycles. The van der Waals surface area contributed by atoms with Crippen molar-refractivity contribution in [2.75, 3.05) is 6.54 Å². The Kier molecular flexibility index (Phi) is 2.63. The second-order valence-corrected chi connectivity index (χ2v) is 5.57. The Morgan fingerprint density at radius 1 is 1.47 bits per heavy atom. The number of nitrogens with zero attached hydrogens (tertiary/aromatic N) is 1. The van der Waals surface area contributed by atoms with Gasteiger partial charge in [0.2, 0.25) is 11.8 Å². The standard InChI is InChI=1S/C12H14N2O2S/c15-11-10-4-1-5-14(10)12(16)9(13-11)7-8-3-2-6-17-8/h2-3,6,9-10H,1,4-5,7H2,(H,13,15). The van der Waals surface area contributed by atoms with Gasteiger partial charge in [-0.05, 0) is 24.3 Å². The number of hydrogen-bond acceptors (Lipinski definition) is 3. The Morgan fingerprint density at radius 2 is 2.35 bits per heavy atom. The Balaban J connectivity index is 1.77. The van der Waals surface area contributed by atoms with Crippen molar-refractivity contribution in [2.24, 2.45) is 0 Å². The van der Waals surface area contributed by atoms with E-state index in [-0.39, 0.29) is 23.9 Å². The molecule has 0 bridgehead atoms. The maximum Gasteiger partial charge on any atom is 0.246 e. The van der Waals surface area contributed by atoms with Crippen molar-refractivity contribution in [2.45, 2.75) is 31.3 Å². The fraction of sp³-hybridized carbons (Fsp3) is 0.500. The number of thiophene rings is 1. The number of rotatable bonds is 2. The van der Waals surface area contributed by atoms with Crippen LogP contribution in [0.25, 0.3) is 0 Å². The maximum atomic E-state index is 12.2. The summed E-state index contributed by atoms with van der Waals surface area (Å²) >= 11 is 1.62. The van der Waals surface area contributed by atoms with Crippen LogP contribution in [-0.2, 0) is 16.0 Å². The minimum absolute atomic E-state index is 0.0173. The molecule has 5 heteroatoms. The van der Waals surface area contributed by atoms with Gasteiger partial charge in [-0.2, -0.15) is 0 Å². The third-order valence-electron chi connectivity index (χ3n) is 3.44. The minimum atomic E-state index is -0.365. The van der Waals surface area contributed by atoms with E-state index in [1.54, 1.807) is 16.2 Å². The van der Waals surface area contributed by atoms with Gasteiger partial charge in [0.05, 0.1) is 0 Å². The molecule has 3 heterocycles. The van der Waals surface area contributed by atoms with Crippen LogP contribution < -0.4 is 5.32 Å². The third-order valence-corrected chi connectivity index (χ3v) is 4.34. The van der Waals surface area contributed by atoms with Gasteiger partial charge in [-0.1, -0.05) is 6.07 Å². The summed E-state index contributed by atoms with van der Waals surface area (Å²) in [6.45, 7) is 0.734. The van der Waals surface area contributed by atoms with E-state index in [0.717, 1.165) is 24.3 Å². The molecule has 1 N–H and O–H groups in total. The van der Waals surface area contributed by atoms with Crippen LogP contribution in [0.15, 0.2) is 17.5 Å². The van der Waals surface area contributed by atoms with Gasteiger partial charge >= 0.3 is 0 Å². The first kappa shape index (κ1) is 10.8. The summed E-state index contributed by atoms with van der Waals surface area (Å²) in [4.78, 5) is 26.9. The van der Waals surface area contributed by atoms with Crippen LogP contribution >= 0.6 is 11.3 Å². The predicted molar refractivity (Wildman–Crippen MR) is 64.7 cm³/mol. The molecule has 3 rings (SSSR count). The van der Waals surface area contributed by atoms with Crippen LogP contribution in [0.5, 0.6) is 0 Å². The molecule has 2 fully saturated rings. The Labute approximate surface area is 104 Å². The summed E-state index contributed by atoms with van der Waals surface area (Å²) in [5.74, 6) is 0.101. The number of amides is 2. The zero-order valence-corrected chi connectivity index (χ0v) is 10.2. The molecule has 0 radical (unpaired) electrons. The normalized spacial score (nSPS) is 28.1. The first-order chi connectivity index (χ1) is 8.25. The van der Waals surface area contributed by atoms with E-state index >= 15 is 0 Å². The van der Waals surface area contributed by atoms with E-state index in [0.29, 0.717) is 6.42 Å². The molecule has 2 aliphatic heterocycles. The minimum Gasteiger partial charge on any atom is -0.342 e. The van der Waals surface area contributed by atoms with E-state index in [9.17, 15) is 9.59 Å². The van der Waals surface area contributed by atoms with Gasteiger partial charge in [0, 0.05) is 17.8 Å². The Morgan fingerprint density at radius 3 is 3.12 bits per heavy atom. The van der Waals surface area contributed by atoms with Crippen LogP contribution in [-0.4, -0.2) is 35.3 Å². The molecule has 90 valence electrons. The zero-order chi connectivity index (χ0) is 11.8. The number of piperazine rings is 1. The molecule has 0 aliphatic carbocycles. The Hall–Kier alpha value is -1.36. The molecular formula is C12H14N2O2S. The predicted octanol–water partition coefficient (Wildman–Crippen LogP) is 0.780. The number of hydrogen-bond donors (Lipinski definition) is 1. The van der Waals surface area contributed by atoms with Crippen molar-refractivity contribution in [1.82, 2.24) is 10.2 Å². The largest absolute Gasteiger partial charge is 0.342 e. The fourth-order valence-electron chi connectivity index (χ4n) is 2.60. The fourth-order valence-corrected chi connectivity index (χ4v) is 3.35. The summed E-state index contributed by atoms with van der Waals surface area (Å²) in [7, 11) is 0. The van der Waals surface area contributed by atoms with Crippen LogP contribution in [0, 0.1) is 0 Å². The lowest BCUT2D eigenvalue weighted by Crippen LogP contribution is -2.61. The highest BCUT2D eigenvalue weighted by Crippen LogP contribution is 2.23. The van der Waals surface area contributed by atoms with E-state index in [4.69, 9.17) is 0 Å². The quantitative estimate of drug-likeness (QED) is 0.843. The van der Waals surface area contributed by atoms with Crippen LogP contribution in [0.2, 0.25) is 0 Å². The molecule has 1 aromatic heterocycles. The second-order valence-electron chi connectivity index (χ2n) is 4.53. The molecule has 17 heavy (non-hydrogen) atoms. The first-order valence-electron chi connectivity index (χ1n) is 5.89. The SMILES string of the molecule is O=C1NC(Cc2cccs2)C(=O)N2CCCC12. The van der Waals surface area contributed by atoms with Crippen LogP contribution in [0.4, 0.5) is 0 Å². The molecule has 0 aromatic carbocycles. The molecule has 0 spiro atoms. The molecule has 2 unspecified atom stereocenters. The number of nitrogens with one attached hydrogen (secondary N) is 1.